The molecule has 446 valence electrons. The van der Waals surface area contributed by atoms with Crippen LogP contribution in [0.15, 0.2) is 24.3 Å². The van der Waals surface area contributed by atoms with Crippen LogP contribution in [0.2, 0.25) is 0 Å². The van der Waals surface area contributed by atoms with Crippen molar-refractivity contribution in [1.82, 2.24) is 0 Å². The van der Waals surface area contributed by atoms with Crippen LogP contribution in [-0.2, 0) is 32.5 Å². The molecule has 3 aromatic rings. The lowest BCUT2D eigenvalue weighted by Gasteiger charge is -2.64. The minimum Gasteiger partial charge on any atom is -0.506 e. The monoisotopic (exact) mass is 1130 g/mol. The van der Waals surface area contributed by atoms with E-state index in [0.29, 0.717) is 11.4 Å². The van der Waals surface area contributed by atoms with Gasteiger partial charge in [-0.3, -0.25) is 0 Å². The average molecular weight is 1130 g/mol. The van der Waals surface area contributed by atoms with Gasteiger partial charge in [-0.1, -0.05) is 0 Å². The maximum Gasteiger partial charge on any atom is 0.142 e. The van der Waals surface area contributed by atoms with Gasteiger partial charge in [-0.15, -0.1) is 0 Å². The molecule has 24 aliphatic carbocycles. The molecule has 24 bridgehead atoms. The van der Waals surface area contributed by atoms with E-state index in [0.717, 1.165) is 118 Å². The first-order valence-electron chi connectivity index (χ1n) is 36.6. The van der Waals surface area contributed by atoms with Crippen LogP contribution in [0.4, 0.5) is 11.4 Å². The zero-order chi connectivity index (χ0) is 55.2. The van der Waals surface area contributed by atoms with Crippen LogP contribution < -0.4 is 20.9 Å². The Kier molecular flexibility index (Phi) is 10.1. The van der Waals surface area contributed by atoms with Crippen molar-refractivity contribution < 1.29 is 19.7 Å². The number of ether oxygens (including phenoxy) is 2. The fourth-order valence-electron chi connectivity index (χ4n) is 31.9. The second-order valence-electron chi connectivity index (χ2n) is 37.4. The molecular weight excluding hydrogens is 1030 g/mol. The maximum atomic E-state index is 12.4. The molecule has 6 nitrogen and oxygen atoms in total. The first-order valence-corrected chi connectivity index (χ1v) is 36.6. The summed E-state index contributed by atoms with van der Waals surface area (Å²) >= 11 is 0. The highest BCUT2D eigenvalue weighted by Crippen LogP contribution is 2.76. The second-order valence-corrected chi connectivity index (χ2v) is 37.4. The van der Waals surface area contributed by atoms with Gasteiger partial charge in [0.25, 0.3) is 0 Å². The number of nitrogen functional groups attached to an aromatic ring is 2. The Morgan fingerprint density at radius 1 is 0.262 bits per heavy atom. The lowest BCUT2D eigenvalue weighted by atomic mass is 9.41. The zero-order valence-corrected chi connectivity index (χ0v) is 51.0. The highest BCUT2D eigenvalue weighted by molar-refractivity contribution is 5.73. The van der Waals surface area contributed by atoms with Gasteiger partial charge in [-0.25, -0.2) is 0 Å². The number of rotatable bonds is 10. The van der Waals surface area contributed by atoms with Crippen LogP contribution in [0.3, 0.4) is 0 Å². The molecule has 0 aromatic heterocycles. The van der Waals surface area contributed by atoms with Crippen LogP contribution in [0.1, 0.15) is 265 Å². The van der Waals surface area contributed by atoms with Gasteiger partial charge in [0.2, 0.25) is 0 Å². The molecule has 6 N–H and O–H groups in total. The molecule has 0 atom stereocenters. The number of phenolic OH excluding ortho intramolecular Hbond substituents is 2. The maximum absolute atomic E-state index is 12.4. The first-order chi connectivity index (χ1) is 40.7. The molecule has 0 aliphatic heterocycles. The molecule has 84 heavy (non-hydrogen) atoms. The normalized spacial score (nSPS) is 50.8. The van der Waals surface area contributed by atoms with E-state index in [1.165, 1.54) is 254 Å². The minimum absolute atomic E-state index is 0.000612. The van der Waals surface area contributed by atoms with Gasteiger partial charge in [-0.05, 0) is 361 Å². The Labute approximate surface area is 502 Å². The number of hydrogen-bond donors (Lipinski definition) is 4. The van der Waals surface area contributed by atoms with Crippen molar-refractivity contribution in [2.24, 2.45) is 107 Å². The zero-order valence-electron chi connectivity index (χ0n) is 51.0. The van der Waals surface area contributed by atoms with Crippen molar-refractivity contribution in [3.8, 4) is 34.5 Å². The summed E-state index contributed by atoms with van der Waals surface area (Å²) < 4.78 is 18.0. The van der Waals surface area contributed by atoms with Crippen LogP contribution in [0, 0.1) is 107 Å². The summed E-state index contributed by atoms with van der Waals surface area (Å²) in [6.07, 6.45) is 48.4. The SMILES string of the molecule is Nc1cc(C23CC4CC(CC(C4)C2)C3)c(Oc2c(C34CC5CC(CC(C5)C3)C4)c(C34CC5CC(CC(C5)C3)C4)c(Oc3cc(O)c(N)cc3C34CC5CC(CC(C5)C3)C4)c(C34CC5CC(CC(C5)C3)C4)c2C23CC4CC(CC(C4)C2)C3)cc1O. The van der Waals surface area contributed by atoms with E-state index in [1.807, 2.05) is 0 Å². The number of hydrogen-bond acceptors (Lipinski definition) is 6. The standard InChI is InChI=1S/C78H100N2O4/c79-61-19-59(73-23-41-1-42(24-73)3-43(2-41)25-73)65(21-63(61)81)83-71-67(75-29-47-7-48(30-75)9-49(8-47)31-75)69(77-35-53-13-54(36-77)15-55(14-53)37-77)72(84-66-22-64(82)62(80)20-60(66)74-26-44-4-45(27-74)6-46(5-44)28-74)70(78-38-56-16-57(39-78)18-58(17-56)40-78)68(71)76-32-50-10-51(33-76)12-52(11-50)34-76/h19-22,41-58,81-82H,1-18,23-40,79-80H2. The van der Waals surface area contributed by atoms with E-state index < -0.39 is 0 Å². The summed E-state index contributed by atoms with van der Waals surface area (Å²) in [4.78, 5) is 0. The summed E-state index contributed by atoms with van der Waals surface area (Å²) in [6.45, 7) is 0. The summed E-state index contributed by atoms with van der Waals surface area (Å²) in [5.74, 6) is 19.0. The molecule has 0 heterocycles. The summed E-state index contributed by atoms with van der Waals surface area (Å²) in [7, 11) is 0. The second kappa shape index (κ2) is 16.8. The average Bonchev–Trinajstić information content (AvgIpc) is 0.862. The smallest absolute Gasteiger partial charge is 0.142 e. The van der Waals surface area contributed by atoms with Crippen molar-refractivity contribution in [1.29, 1.82) is 0 Å². The molecule has 0 radical (unpaired) electrons. The number of benzene rings is 3. The predicted octanol–water partition coefficient (Wildman–Crippen LogP) is 18.7. The molecule has 3 aromatic carbocycles. The van der Waals surface area contributed by atoms with Crippen LogP contribution in [-0.4, -0.2) is 10.2 Å². The number of anilines is 2. The predicted molar refractivity (Wildman–Crippen MR) is 331 cm³/mol. The van der Waals surface area contributed by atoms with Crippen molar-refractivity contribution in [3.05, 3.63) is 57.6 Å². The Hall–Kier alpha value is -3.54. The van der Waals surface area contributed by atoms with E-state index in [-0.39, 0.29) is 44.0 Å². The Bertz CT molecular complexity index is 2780. The highest BCUT2D eigenvalue weighted by Gasteiger charge is 2.66. The molecule has 27 rings (SSSR count). The molecule has 0 amide bonds. The Morgan fingerprint density at radius 2 is 0.429 bits per heavy atom. The molecule has 24 aliphatic rings. The largest absolute Gasteiger partial charge is 0.506 e. The van der Waals surface area contributed by atoms with Gasteiger partial charge in [0.1, 0.15) is 34.5 Å². The van der Waals surface area contributed by atoms with Crippen molar-refractivity contribution in [2.45, 2.75) is 264 Å². The molecular formula is C78H100N2O4. The van der Waals surface area contributed by atoms with Crippen molar-refractivity contribution in [3.63, 3.8) is 0 Å². The fourth-order valence-corrected chi connectivity index (χ4v) is 31.9. The molecule has 0 spiro atoms. The summed E-state index contributed by atoms with van der Waals surface area (Å²) in [5.41, 5.74) is 24.9. The first kappa shape index (κ1) is 50.3. The minimum atomic E-state index is 0.000612. The molecule has 0 unspecified atom stereocenters. The summed E-state index contributed by atoms with van der Waals surface area (Å²) in [6, 6.07) is 8.82. The lowest BCUT2D eigenvalue weighted by Crippen LogP contribution is -2.55. The van der Waals surface area contributed by atoms with Crippen molar-refractivity contribution in [2.75, 3.05) is 11.5 Å². The quantitative estimate of drug-likeness (QED) is 0.119. The molecule has 6 heteroatoms. The third-order valence-electron chi connectivity index (χ3n) is 31.6. The van der Waals surface area contributed by atoms with E-state index in [1.54, 1.807) is 22.3 Å². The topological polar surface area (TPSA) is 111 Å². The fraction of sp³-hybridized carbons (Fsp3) is 0.769. The van der Waals surface area contributed by atoms with Gasteiger partial charge in [-0.2, -0.15) is 0 Å². The van der Waals surface area contributed by atoms with Crippen molar-refractivity contribution >= 4 is 11.4 Å². The summed E-state index contributed by atoms with van der Waals surface area (Å²) in [5, 5.41) is 24.8. The van der Waals surface area contributed by atoms with E-state index >= 15 is 0 Å². The third-order valence-corrected chi connectivity index (χ3v) is 31.6. The van der Waals surface area contributed by atoms with Gasteiger partial charge in [0.05, 0.1) is 11.4 Å². The molecule has 0 saturated heterocycles. The number of aromatic hydroxyl groups is 2. The van der Waals surface area contributed by atoms with Crippen LogP contribution in [0.25, 0.3) is 0 Å². The van der Waals surface area contributed by atoms with Gasteiger partial charge < -0.3 is 31.2 Å². The van der Waals surface area contributed by atoms with Crippen LogP contribution >= 0.6 is 0 Å². The van der Waals surface area contributed by atoms with Gasteiger partial charge >= 0.3 is 0 Å². The third kappa shape index (κ3) is 7.05. The van der Waals surface area contributed by atoms with Gasteiger partial charge in [0, 0.05) is 67.2 Å². The van der Waals surface area contributed by atoms with E-state index in [4.69, 9.17) is 20.9 Å². The molecule has 24 saturated carbocycles. The lowest BCUT2D eigenvalue weighted by molar-refractivity contribution is -0.0253. The molecule has 24 fully saturated rings. The van der Waals surface area contributed by atoms with E-state index in [2.05, 4.69) is 24.3 Å². The number of nitrogens with two attached hydrogens (primary N) is 2. The Balaban J connectivity index is 0.912. The Morgan fingerprint density at radius 3 is 0.607 bits per heavy atom. The number of phenols is 2. The highest BCUT2D eigenvalue weighted by atomic mass is 16.5. The van der Waals surface area contributed by atoms with Crippen LogP contribution in [0.5, 0.6) is 34.5 Å². The van der Waals surface area contributed by atoms with Gasteiger partial charge in [0.15, 0.2) is 0 Å². The van der Waals surface area contributed by atoms with E-state index in [9.17, 15) is 10.2 Å².